The van der Waals surface area contributed by atoms with Crippen LogP contribution in [-0.2, 0) is 6.42 Å². The number of benzene rings is 4. The van der Waals surface area contributed by atoms with E-state index in [1.807, 2.05) is 0 Å². The van der Waals surface area contributed by atoms with Gasteiger partial charge in [-0.1, -0.05) is 12.1 Å². The Morgan fingerprint density at radius 2 is 1.07 bits per heavy atom. The van der Waals surface area contributed by atoms with E-state index in [1.165, 1.54) is 42.5 Å². The smallest absolute Gasteiger partial charge is 0.161 e. The summed E-state index contributed by atoms with van der Waals surface area (Å²) in [7, 11) is 0. The second kappa shape index (κ2) is 9.72. The van der Waals surface area contributed by atoms with Crippen molar-refractivity contribution < 1.29 is 60.5 Å². The number of fused-ring (bicyclic) bond motifs is 2. The highest BCUT2D eigenvalue weighted by Gasteiger charge is 2.44. The van der Waals surface area contributed by atoms with Gasteiger partial charge >= 0.3 is 0 Å². The first kappa shape index (κ1) is 27.0. The Labute approximate surface area is 237 Å². The predicted octanol–water partition coefficient (Wildman–Crippen LogP) is 3.00. The zero-order chi connectivity index (χ0) is 30.0. The molecule has 12 nitrogen and oxygen atoms in total. The molecule has 5 atom stereocenters. The van der Waals surface area contributed by atoms with Crippen LogP contribution < -0.4 is 9.47 Å². The van der Waals surface area contributed by atoms with Crippen molar-refractivity contribution in [2.75, 3.05) is 0 Å². The summed E-state index contributed by atoms with van der Waals surface area (Å²) in [6, 6.07) is 11.1. The fraction of sp³-hybridized carbons (Fsp3) is 0.200. The molecule has 0 saturated carbocycles. The fourth-order valence-corrected chi connectivity index (χ4v) is 5.63. The molecule has 4 aromatic carbocycles. The molecule has 4 aromatic rings. The molecular formula is C30H26O12. The van der Waals surface area contributed by atoms with Gasteiger partial charge in [0, 0.05) is 35.2 Å². The van der Waals surface area contributed by atoms with Crippen LogP contribution in [0.1, 0.15) is 45.9 Å². The van der Waals surface area contributed by atoms with Gasteiger partial charge in [0.25, 0.3) is 0 Å². The molecule has 0 bridgehead atoms. The molecule has 10 N–H and O–H groups in total. The highest BCUT2D eigenvalue weighted by Crippen LogP contribution is 2.55. The van der Waals surface area contributed by atoms with Gasteiger partial charge in [-0.15, -0.1) is 0 Å². The molecule has 6 rings (SSSR count). The van der Waals surface area contributed by atoms with Gasteiger partial charge < -0.3 is 60.5 Å². The second-order valence-electron chi connectivity index (χ2n) is 10.3. The van der Waals surface area contributed by atoms with Crippen LogP contribution in [0.2, 0.25) is 0 Å². The van der Waals surface area contributed by atoms with Gasteiger partial charge in [0.1, 0.15) is 35.2 Å². The van der Waals surface area contributed by atoms with E-state index in [2.05, 4.69) is 0 Å². The molecule has 42 heavy (non-hydrogen) atoms. The summed E-state index contributed by atoms with van der Waals surface area (Å²) >= 11 is 0. The Kier molecular flexibility index (Phi) is 6.24. The van der Waals surface area contributed by atoms with Crippen molar-refractivity contribution >= 4 is 0 Å². The van der Waals surface area contributed by atoms with Gasteiger partial charge in [-0.25, -0.2) is 0 Å². The maximum atomic E-state index is 11.6. The van der Waals surface area contributed by atoms with E-state index in [1.54, 1.807) is 0 Å². The van der Waals surface area contributed by atoms with Gasteiger partial charge in [0.2, 0.25) is 0 Å². The quantitative estimate of drug-likeness (QED) is 0.159. The SMILES string of the molecule is Oc1ccc([C@H]2Oc3cc(O)c(O)cc3[C@@H](c3c(O)cc4c(c3O)C[C@H](O)[C@@H](c3ccc(O)c(O)c3)O4)[C@@H]2O)cc1O. The van der Waals surface area contributed by atoms with Crippen molar-refractivity contribution in [3.63, 3.8) is 0 Å². The third-order valence-electron chi connectivity index (χ3n) is 7.71. The first-order chi connectivity index (χ1) is 19.9. The highest BCUT2D eigenvalue weighted by atomic mass is 16.5. The van der Waals surface area contributed by atoms with E-state index in [-0.39, 0.29) is 45.9 Å². The molecular weight excluding hydrogens is 552 g/mol. The number of aromatic hydroxyl groups is 8. The molecule has 12 heteroatoms. The molecule has 0 amide bonds. The minimum Gasteiger partial charge on any atom is -0.507 e. The molecule has 0 radical (unpaired) electrons. The van der Waals surface area contributed by atoms with Gasteiger partial charge in [-0.3, -0.25) is 0 Å². The molecule has 218 valence electrons. The molecule has 2 aliphatic rings. The first-order valence-electron chi connectivity index (χ1n) is 12.8. The summed E-state index contributed by atoms with van der Waals surface area (Å²) in [5.74, 6) is -5.02. The summed E-state index contributed by atoms with van der Waals surface area (Å²) in [4.78, 5) is 0. The van der Waals surface area contributed by atoms with E-state index in [9.17, 15) is 51.1 Å². The van der Waals surface area contributed by atoms with Crippen LogP contribution in [0.3, 0.4) is 0 Å². The summed E-state index contributed by atoms with van der Waals surface area (Å²) in [6.07, 6.45) is -5.20. The Hall–Kier alpha value is -5.20. The van der Waals surface area contributed by atoms with Crippen LogP contribution in [0, 0.1) is 0 Å². The minimum absolute atomic E-state index is 0.00169. The van der Waals surface area contributed by atoms with Crippen molar-refractivity contribution in [3.8, 4) is 57.5 Å². The second-order valence-corrected chi connectivity index (χ2v) is 10.3. The lowest BCUT2D eigenvalue weighted by atomic mass is 9.78. The normalized spacial score (nSPS) is 22.9. The maximum absolute atomic E-state index is 11.6. The highest BCUT2D eigenvalue weighted by molar-refractivity contribution is 5.64. The number of aliphatic hydroxyl groups is 2. The number of phenolic OH excluding ortho intramolecular Hbond substituents is 8. The molecule has 0 spiro atoms. The van der Waals surface area contributed by atoms with Crippen LogP contribution in [0.15, 0.2) is 54.6 Å². The van der Waals surface area contributed by atoms with Crippen molar-refractivity contribution in [2.45, 2.75) is 36.8 Å². The number of rotatable bonds is 3. The van der Waals surface area contributed by atoms with Crippen LogP contribution >= 0.6 is 0 Å². The largest absolute Gasteiger partial charge is 0.507 e. The van der Waals surface area contributed by atoms with E-state index < -0.39 is 70.6 Å². The lowest BCUT2D eigenvalue weighted by molar-refractivity contribution is 0.00647. The number of hydrogen-bond acceptors (Lipinski definition) is 12. The molecule has 2 aliphatic heterocycles. The molecule has 2 heterocycles. The standard InChI is InChI=1S/C30H26O12/c31-15-3-1-11(5-17(15)33)29-22(38)8-14-24(41-29)10-21(37)26(27(14)39)25-13-7-19(35)20(36)9-23(13)42-30(28(25)40)12-2-4-16(32)18(34)6-12/h1-7,9-10,22,25,28-40H,8H2/t22-,25-,28-,29+,30+/m0/s1. The third-order valence-corrected chi connectivity index (χ3v) is 7.71. The molecule has 0 aliphatic carbocycles. The van der Waals surface area contributed by atoms with Crippen LogP contribution in [-0.4, -0.2) is 63.3 Å². The van der Waals surface area contributed by atoms with Crippen molar-refractivity contribution in [1.29, 1.82) is 0 Å². The lowest BCUT2D eigenvalue weighted by Crippen LogP contribution is -2.35. The van der Waals surface area contributed by atoms with Gasteiger partial charge in [-0.05, 0) is 41.5 Å². The average molecular weight is 579 g/mol. The van der Waals surface area contributed by atoms with Gasteiger partial charge in [0.15, 0.2) is 40.6 Å². The monoisotopic (exact) mass is 578 g/mol. The van der Waals surface area contributed by atoms with Crippen LogP contribution in [0.25, 0.3) is 0 Å². The van der Waals surface area contributed by atoms with Gasteiger partial charge in [-0.2, -0.15) is 0 Å². The van der Waals surface area contributed by atoms with Gasteiger partial charge in [0.05, 0.1) is 12.0 Å². The van der Waals surface area contributed by atoms with E-state index in [0.717, 1.165) is 12.1 Å². The number of aliphatic hydroxyl groups excluding tert-OH is 2. The van der Waals surface area contributed by atoms with Crippen molar-refractivity contribution in [3.05, 3.63) is 82.4 Å². The fourth-order valence-electron chi connectivity index (χ4n) is 5.63. The van der Waals surface area contributed by atoms with E-state index >= 15 is 0 Å². The topological polar surface area (TPSA) is 221 Å². The first-order valence-corrected chi connectivity index (χ1v) is 12.8. The predicted molar refractivity (Wildman–Crippen MR) is 143 cm³/mol. The zero-order valence-corrected chi connectivity index (χ0v) is 21.6. The number of hydrogen-bond donors (Lipinski definition) is 10. The lowest BCUT2D eigenvalue weighted by Gasteiger charge is -2.39. The summed E-state index contributed by atoms with van der Waals surface area (Å²) < 4.78 is 11.8. The zero-order valence-electron chi connectivity index (χ0n) is 21.6. The Bertz CT molecular complexity index is 1720. The van der Waals surface area contributed by atoms with E-state index in [0.29, 0.717) is 5.56 Å². The summed E-state index contributed by atoms with van der Waals surface area (Å²) in [6.45, 7) is 0. The minimum atomic E-state index is -1.55. The third kappa shape index (κ3) is 4.24. The summed E-state index contributed by atoms with van der Waals surface area (Å²) in [5.41, 5.74) is 0.585. The maximum Gasteiger partial charge on any atom is 0.161 e. The van der Waals surface area contributed by atoms with Crippen molar-refractivity contribution in [1.82, 2.24) is 0 Å². The number of phenols is 8. The average Bonchev–Trinajstić information content (AvgIpc) is 2.94. The van der Waals surface area contributed by atoms with E-state index in [4.69, 9.17) is 9.47 Å². The van der Waals surface area contributed by atoms with Crippen LogP contribution in [0.5, 0.6) is 57.5 Å². The Morgan fingerprint density at radius 3 is 1.69 bits per heavy atom. The number of ether oxygens (including phenoxy) is 2. The van der Waals surface area contributed by atoms with Crippen molar-refractivity contribution in [2.24, 2.45) is 0 Å². The summed E-state index contributed by atoms with van der Waals surface area (Å²) in [5, 5.41) is 105. The molecule has 0 unspecified atom stereocenters. The molecule has 0 aromatic heterocycles. The van der Waals surface area contributed by atoms with Crippen LogP contribution in [0.4, 0.5) is 0 Å². The Morgan fingerprint density at radius 1 is 0.548 bits per heavy atom. The molecule has 0 saturated heterocycles. The Balaban J connectivity index is 1.47. The molecule has 0 fully saturated rings.